The van der Waals surface area contributed by atoms with Gasteiger partial charge in [0.25, 0.3) is 0 Å². The molecule has 0 spiro atoms. The molecule has 108 valence electrons. The Bertz CT molecular complexity index is 354. The van der Waals surface area contributed by atoms with Crippen LogP contribution in [-0.2, 0) is 29.2 Å². The molecular weight excluding hydrogens is 264 g/mol. The van der Waals surface area contributed by atoms with Crippen LogP contribution in [0, 0.1) is 0 Å². The summed E-state index contributed by atoms with van der Waals surface area (Å²) in [5.41, 5.74) is -0.0266. The number of hydrogen-bond donors (Lipinski definition) is 0. The molecule has 0 atom stereocenters. The van der Waals surface area contributed by atoms with Crippen molar-refractivity contribution in [1.82, 2.24) is 0 Å². The maximum absolute atomic E-state index is 5.59. The van der Waals surface area contributed by atoms with E-state index in [1.165, 1.54) is 21.3 Å². The van der Waals surface area contributed by atoms with E-state index in [-0.39, 0.29) is 0 Å². The number of ether oxygens (including phenoxy) is 2. The van der Waals surface area contributed by atoms with Crippen molar-refractivity contribution >= 4 is 8.80 Å². The van der Waals surface area contributed by atoms with Crippen LogP contribution in [0.4, 0.5) is 0 Å². The van der Waals surface area contributed by atoms with Crippen LogP contribution in [0.1, 0.15) is 5.56 Å². The summed E-state index contributed by atoms with van der Waals surface area (Å²) in [4.78, 5) is 0. The lowest BCUT2D eigenvalue weighted by molar-refractivity contribution is -0.190. The Kier molecular flexibility index (Phi) is 6.12. The highest BCUT2D eigenvalue weighted by Crippen LogP contribution is 2.31. The van der Waals surface area contributed by atoms with Gasteiger partial charge in [0.15, 0.2) is 0 Å². The summed E-state index contributed by atoms with van der Waals surface area (Å²) in [5.74, 6) is 0. The van der Waals surface area contributed by atoms with Gasteiger partial charge in [-0.2, -0.15) is 0 Å². The Hall–Kier alpha value is -0.763. The van der Waals surface area contributed by atoms with E-state index in [1.54, 1.807) is 14.2 Å². The predicted octanol–water partition coefficient (Wildman–Crippen LogP) is 1.64. The Balaban J connectivity index is 3.15. The second kappa shape index (κ2) is 7.13. The van der Waals surface area contributed by atoms with E-state index >= 15 is 0 Å². The van der Waals surface area contributed by atoms with Crippen LogP contribution in [0.3, 0.4) is 0 Å². The molecule has 0 saturated heterocycles. The monoisotopic (exact) mass is 286 g/mol. The van der Waals surface area contributed by atoms with Crippen molar-refractivity contribution in [2.24, 2.45) is 0 Å². The lowest BCUT2D eigenvalue weighted by Crippen LogP contribution is -2.67. The third-order valence-corrected chi connectivity index (χ3v) is 6.34. The van der Waals surface area contributed by atoms with Crippen LogP contribution in [0.2, 0.25) is 0 Å². The SMILES string of the molecule is COC(Cc1ccccc1)(OC)[Si](OC)(OC)OC. The highest BCUT2D eigenvalue weighted by Gasteiger charge is 2.62. The van der Waals surface area contributed by atoms with E-state index in [0.717, 1.165) is 5.56 Å². The Labute approximate surface area is 115 Å². The highest BCUT2D eigenvalue weighted by atomic mass is 28.4. The van der Waals surface area contributed by atoms with Gasteiger partial charge in [0.05, 0.1) is 0 Å². The molecule has 0 aliphatic rings. The first kappa shape index (κ1) is 16.3. The molecule has 0 aromatic heterocycles. The lowest BCUT2D eigenvalue weighted by Gasteiger charge is -2.41. The van der Waals surface area contributed by atoms with Crippen molar-refractivity contribution in [2.45, 2.75) is 11.8 Å². The van der Waals surface area contributed by atoms with E-state index in [4.69, 9.17) is 22.8 Å². The number of methoxy groups -OCH3 is 2. The molecule has 0 aliphatic carbocycles. The lowest BCUT2D eigenvalue weighted by atomic mass is 10.1. The molecule has 0 aliphatic heterocycles. The largest absolute Gasteiger partial charge is 0.563 e. The first-order chi connectivity index (χ1) is 9.13. The standard InChI is InChI=1S/C13H22O5Si/c1-14-13(15-2,19(16-3,17-4)18-5)11-12-9-7-6-8-10-12/h6-10H,11H2,1-5H3. The molecule has 0 N–H and O–H groups in total. The van der Waals surface area contributed by atoms with Crippen LogP contribution in [0.25, 0.3) is 0 Å². The van der Waals surface area contributed by atoms with Gasteiger partial charge in [-0.25, -0.2) is 0 Å². The van der Waals surface area contributed by atoms with Crippen molar-refractivity contribution in [2.75, 3.05) is 35.5 Å². The summed E-state index contributed by atoms with van der Waals surface area (Å²) < 4.78 is 27.7. The van der Waals surface area contributed by atoms with Crippen molar-refractivity contribution in [3.8, 4) is 0 Å². The quantitative estimate of drug-likeness (QED) is 0.537. The Morgan fingerprint density at radius 3 is 1.68 bits per heavy atom. The van der Waals surface area contributed by atoms with Gasteiger partial charge in [0.1, 0.15) is 0 Å². The third-order valence-electron chi connectivity index (χ3n) is 3.21. The van der Waals surface area contributed by atoms with Gasteiger partial charge >= 0.3 is 8.80 Å². The van der Waals surface area contributed by atoms with E-state index in [0.29, 0.717) is 6.42 Å². The molecule has 0 unspecified atom stereocenters. The normalized spacial score (nSPS) is 12.7. The van der Waals surface area contributed by atoms with Gasteiger partial charge < -0.3 is 22.8 Å². The molecule has 0 fully saturated rings. The molecule has 1 rings (SSSR count). The van der Waals surface area contributed by atoms with Crippen molar-refractivity contribution in [1.29, 1.82) is 0 Å². The average molecular weight is 286 g/mol. The first-order valence-electron chi connectivity index (χ1n) is 5.93. The minimum Gasteiger partial charge on any atom is -0.374 e. The topological polar surface area (TPSA) is 46.2 Å². The van der Waals surface area contributed by atoms with E-state index in [2.05, 4.69) is 0 Å². The zero-order chi connectivity index (χ0) is 14.4. The summed E-state index contributed by atoms with van der Waals surface area (Å²) in [6, 6.07) is 9.86. The summed E-state index contributed by atoms with van der Waals surface area (Å²) in [5, 5.41) is 0. The first-order valence-corrected chi connectivity index (χ1v) is 7.65. The molecular formula is C13H22O5Si. The van der Waals surface area contributed by atoms with Gasteiger partial charge in [-0.1, -0.05) is 30.3 Å². The minimum atomic E-state index is -3.12. The summed E-state index contributed by atoms with van der Waals surface area (Å²) >= 11 is 0. The smallest absolute Gasteiger partial charge is 0.374 e. The maximum atomic E-state index is 5.59. The molecule has 19 heavy (non-hydrogen) atoms. The third kappa shape index (κ3) is 3.05. The van der Waals surface area contributed by atoms with Gasteiger partial charge in [-0.05, 0) is 5.56 Å². The fourth-order valence-electron chi connectivity index (χ4n) is 2.17. The Morgan fingerprint density at radius 2 is 1.32 bits per heavy atom. The van der Waals surface area contributed by atoms with Crippen LogP contribution in [0.5, 0.6) is 0 Å². The molecule has 0 saturated carbocycles. The summed E-state index contributed by atoms with van der Waals surface area (Å²) in [6.45, 7) is 0. The average Bonchev–Trinajstić information content (AvgIpc) is 2.49. The molecule has 0 amide bonds. The highest BCUT2D eigenvalue weighted by molar-refractivity contribution is 6.63. The number of benzene rings is 1. The molecule has 0 radical (unpaired) electrons. The summed E-state index contributed by atoms with van der Waals surface area (Å²) in [6.07, 6.45) is 0.475. The van der Waals surface area contributed by atoms with E-state index < -0.39 is 14.2 Å². The van der Waals surface area contributed by atoms with Crippen molar-refractivity contribution in [3.63, 3.8) is 0 Å². The number of rotatable bonds is 8. The molecule has 5 nitrogen and oxygen atoms in total. The van der Waals surface area contributed by atoms with Crippen LogP contribution >= 0.6 is 0 Å². The second-order valence-electron chi connectivity index (χ2n) is 3.99. The van der Waals surface area contributed by atoms with Crippen LogP contribution in [-0.4, -0.2) is 49.8 Å². The zero-order valence-corrected chi connectivity index (χ0v) is 13.1. The molecule has 0 bridgehead atoms. The minimum absolute atomic E-state index is 0.475. The molecule has 1 aromatic rings. The van der Waals surface area contributed by atoms with Gasteiger partial charge in [0, 0.05) is 42.0 Å². The summed E-state index contributed by atoms with van der Waals surface area (Å²) in [7, 11) is 4.61. The fourth-order valence-corrected chi connectivity index (χ4v) is 4.52. The van der Waals surface area contributed by atoms with E-state index in [9.17, 15) is 0 Å². The molecule has 1 aromatic carbocycles. The van der Waals surface area contributed by atoms with Crippen LogP contribution in [0.15, 0.2) is 30.3 Å². The zero-order valence-electron chi connectivity index (χ0n) is 12.1. The van der Waals surface area contributed by atoms with Gasteiger partial charge in [0.2, 0.25) is 5.41 Å². The van der Waals surface area contributed by atoms with Gasteiger partial charge in [-0.15, -0.1) is 0 Å². The van der Waals surface area contributed by atoms with Gasteiger partial charge in [-0.3, -0.25) is 0 Å². The molecule has 6 heteroatoms. The van der Waals surface area contributed by atoms with Crippen molar-refractivity contribution < 1.29 is 22.8 Å². The molecule has 0 heterocycles. The second-order valence-corrected chi connectivity index (χ2v) is 7.09. The fraction of sp³-hybridized carbons (Fsp3) is 0.538. The van der Waals surface area contributed by atoms with E-state index in [1.807, 2.05) is 30.3 Å². The van der Waals surface area contributed by atoms with Crippen molar-refractivity contribution in [3.05, 3.63) is 35.9 Å². The maximum Gasteiger partial charge on any atom is 0.563 e. The predicted molar refractivity (Wildman–Crippen MR) is 73.7 cm³/mol. The number of hydrogen-bond acceptors (Lipinski definition) is 5. The van der Waals surface area contributed by atoms with Crippen LogP contribution < -0.4 is 0 Å². The Morgan fingerprint density at radius 1 is 0.842 bits per heavy atom.